The molecule has 1 N–H and O–H groups in total. The van der Waals surface area contributed by atoms with Crippen molar-refractivity contribution in [2.75, 3.05) is 6.54 Å². The molecule has 1 aromatic heterocycles. The van der Waals surface area contributed by atoms with Gasteiger partial charge in [-0.3, -0.25) is 0 Å². The van der Waals surface area contributed by atoms with Crippen molar-refractivity contribution in [3.05, 3.63) is 54.1 Å². The average molecular weight is 315 g/mol. The van der Waals surface area contributed by atoms with Gasteiger partial charge in [-0.15, -0.1) is 0 Å². The zero-order valence-electron chi connectivity index (χ0n) is 13.7. The fraction of sp³-hybridized carbons (Fsp3) is 0.444. The number of alkyl carbamates (subject to hydrolysis) is 1. The molecule has 0 bridgehead atoms. The average Bonchev–Trinajstić information content (AvgIpc) is 2.98. The lowest BCUT2D eigenvalue weighted by molar-refractivity contribution is 0.139. The highest BCUT2D eigenvalue weighted by molar-refractivity contribution is 5.67. The zero-order chi connectivity index (χ0) is 16.3. The standard InChI is InChI=1S/C18H25N3O2/c1-16-13-21(15-20-16)12-8-3-2-7-11-19-18(22)23-14-17-9-5-4-6-10-17/h4-6,9-10,13,15H,2-3,7-8,11-12,14H2,1H3,(H,19,22). The summed E-state index contributed by atoms with van der Waals surface area (Å²) in [5.41, 5.74) is 2.06. The number of rotatable bonds is 9. The molecule has 0 spiro atoms. The number of ether oxygens (including phenoxy) is 1. The predicted molar refractivity (Wildman–Crippen MR) is 90.1 cm³/mol. The van der Waals surface area contributed by atoms with E-state index in [0.717, 1.165) is 43.5 Å². The highest BCUT2D eigenvalue weighted by atomic mass is 16.5. The fourth-order valence-electron chi connectivity index (χ4n) is 2.33. The van der Waals surface area contributed by atoms with Crippen LogP contribution in [0.1, 0.15) is 36.9 Å². The van der Waals surface area contributed by atoms with Crippen molar-refractivity contribution in [1.29, 1.82) is 0 Å². The Morgan fingerprint density at radius 1 is 1.17 bits per heavy atom. The maximum absolute atomic E-state index is 11.5. The van der Waals surface area contributed by atoms with Crippen LogP contribution in [0.3, 0.4) is 0 Å². The van der Waals surface area contributed by atoms with Crippen LogP contribution in [0.4, 0.5) is 4.79 Å². The lowest BCUT2D eigenvalue weighted by Gasteiger charge is -2.07. The number of aromatic nitrogens is 2. The van der Waals surface area contributed by atoms with Gasteiger partial charge in [0, 0.05) is 19.3 Å². The van der Waals surface area contributed by atoms with Crippen LogP contribution in [-0.2, 0) is 17.9 Å². The third kappa shape index (κ3) is 7.00. The minimum Gasteiger partial charge on any atom is -0.445 e. The van der Waals surface area contributed by atoms with Crippen LogP contribution in [0, 0.1) is 6.92 Å². The highest BCUT2D eigenvalue weighted by Crippen LogP contribution is 2.03. The largest absolute Gasteiger partial charge is 0.445 e. The minimum absolute atomic E-state index is 0.316. The molecule has 0 radical (unpaired) electrons. The van der Waals surface area contributed by atoms with Gasteiger partial charge < -0.3 is 14.6 Å². The number of hydrogen-bond acceptors (Lipinski definition) is 3. The molecule has 1 amide bonds. The number of carbonyl (C=O) groups excluding carboxylic acids is 1. The van der Waals surface area contributed by atoms with E-state index in [0.29, 0.717) is 13.2 Å². The number of nitrogens with one attached hydrogen (secondary N) is 1. The van der Waals surface area contributed by atoms with Crippen LogP contribution in [-0.4, -0.2) is 22.2 Å². The topological polar surface area (TPSA) is 56.2 Å². The van der Waals surface area contributed by atoms with Crippen LogP contribution in [0.15, 0.2) is 42.9 Å². The molecule has 0 fully saturated rings. The van der Waals surface area contributed by atoms with Crippen LogP contribution >= 0.6 is 0 Å². The molecule has 124 valence electrons. The van der Waals surface area contributed by atoms with Gasteiger partial charge in [0.2, 0.25) is 0 Å². The summed E-state index contributed by atoms with van der Waals surface area (Å²) in [6.45, 7) is 3.99. The van der Waals surface area contributed by atoms with Gasteiger partial charge in [-0.25, -0.2) is 9.78 Å². The van der Waals surface area contributed by atoms with Crippen LogP contribution in [0.2, 0.25) is 0 Å². The molecule has 0 aliphatic heterocycles. The zero-order valence-corrected chi connectivity index (χ0v) is 13.7. The molecule has 0 saturated heterocycles. The van der Waals surface area contributed by atoms with E-state index >= 15 is 0 Å². The molecule has 0 aliphatic carbocycles. The van der Waals surface area contributed by atoms with Crippen molar-refractivity contribution in [2.24, 2.45) is 0 Å². The van der Waals surface area contributed by atoms with Gasteiger partial charge in [-0.1, -0.05) is 43.2 Å². The second-order valence-electron chi connectivity index (χ2n) is 5.66. The monoisotopic (exact) mass is 315 g/mol. The number of amides is 1. The Balaban J connectivity index is 1.44. The first kappa shape index (κ1) is 17.1. The molecular formula is C18H25N3O2. The summed E-state index contributed by atoms with van der Waals surface area (Å²) in [6, 6.07) is 9.69. The van der Waals surface area contributed by atoms with Crippen molar-refractivity contribution in [3.8, 4) is 0 Å². The third-order valence-corrected chi connectivity index (χ3v) is 3.59. The number of imidazole rings is 1. The molecule has 2 aromatic rings. The quantitative estimate of drug-likeness (QED) is 0.718. The van der Waals surface area contributed by atoms with Gasteiger partial charge in [0.15, 0.2) is 0 Å². The van der Waals surface area contributed by atoms with Gasteiger partial charge in [-0.2, -0.15) is 0 Å². The predicted octanol–water partition coefficient (Wildman–Crippen LogP) is 3.68. The van der Waals surface area contributed by atoms with E-state index in [1.807, 2.05) is 43.6 Å². The van der Waals surface area contributed by atoms with Crippen molar-refractivity contribution < 1.29 is 9.53 Å². The van der Waals surface area contributed by atoms with E-state index in [1.54, 1.807) is 0 Å². The van der Waals surface area contributed by atoms with Crippen LogP contribution in [0.25, 0.3) is 0 Å². The summed E-state index contributed by atoms with van der Waals surface area (Å²) in [5, 5.41) is 2.79. The van der Waals surface area contributed by atoms with Gasteiger partial charge in [-0.05, 0) is 25.3 Å². The third-order valence-electron chi connectivity index (χ3n) is 3.59. The number of aryl methyl sites for hydroxylation is 2. The number of unbranched alkanes of at least 4 members (excludes halogenated alkanes) is 3. The Bertz CT molecular complexity index is 581. The smallest absolute Gasteiger partial charge is 0.407 e. The fourth-order valence-corrected chi connectivity index (χ4v) is 2.33. The van der Waals surface area contributed by atoms with Gasteiger partial charge in [0.1, 0.15) is 6.61 Å². The van der Waals surface area contributed by atoms with E-state index in [-0.39, 0.29) is 6.09 Å². The molecule has 0 unspecified atom stereocenters. The van der Waals surface area contributed by atoms with Crippen LogP contribution < -0.4 is 5.32 Å². The Labute approximate surface area is 137 Å². The number of hydrogen-bond donors (Lipinski definition) is 1. The lowest BCUT2D eigenvalue weighted by Crippen LogP contribution is -2.25. The van der Waals surface area contributed by atoms with Crippen molar-refractivity contribution >= 4 is 6.09 Å². The molecule has 1 heterocycles. The van der Waals surface area contributed by atoms with E-state index in [1.165, 1.54) is 0 Å². The molecule has 23 heavy (non-hydrogen) atoms. The summed E-state index contributed by atoms with van der Waals surface area (Å²) < 4.78 is 7.28. The number of carbonyl (C=O) groups is 1. The maximum atomic E-state index is 11.5. The molecule has 0 saturated carbocycles. The second kappa shape index (κ2) is 9.66. The van der Waals surface area contributed by atoms with Gasteiger partial charge >= 0.3 is 6.09 Å². The highest BCUT2D eigenvalue weighted by Gasteiger charge is 2.01. The molecule has 2 rings (SSSR count). The second-order valence-corrected chi connectivity index (χ2v) is 5.66. The van der Waals surface area contributed by atoms with Crippen molar-refractivity contribution in [2.45, 2.75) is 45.8 Å². The lowest BCUT2D eigenvalue weighted by atomic mass is 10.2. The van der Waals surface area contributed by atoms with Crippen LogP contribution in [0.5, 0.6) is 0 Å². The summed E-state index contributed by atoms with van der Waals surface area (Å²) in [4.78, 5) is 15.8. The first-order valence-corrected chi connectivity index (χ1v) is 8.17. The van der Waals surface area contributed by atoms with E-state index in [9.17, 15) is 4.79 Å². The summed E-state index contributed by atoms with van der Waals surface area (Å²) in [5.74, 6) is 0. The molecule has 0 atom stereocenters. The summed E-state index contributed by atoms with van der Waals surface area (Å²) in [7, 11) is 0. The summed E-state index contributed by atoms with van der Waals surface area (Å²) >= 11 is 0. The molecule has 1 aromatic carbocycles. The Morgan fingerprint density at radius 3 is 2.70 bits per heavy atom. The normalized spacial score (nSPS) is 10.5. The molecule has 5 heteroatoms. The molecule has 0 aliphatic rings. The van der Waals surface area contributed by atoms with Gasteiger partial charge in [0.25, 0.3) is 0 Å². The maximum Gasteiger partial charge on any atom is 0.407 e. The van der Waals surface area contributed by atoms with Crippen molar-refractivity contribution in [3.63, 3.8) is 0 Å². The van der Waals surface area contributed by atoms with E-state index < -0.39 is 0 Å². The minimum atomic E-state index is -0.345. The summed E-state index contributed by atoms with van der Waals surface area (Å²) in [6.07, 6.45) is 7.95. The number of nitrogens with zero attached hydrogens (tertiary/aromatic N) is 2. The van der Waals surface area contributed by atoms with Crippen molar-refractivity contribution in [1.82, 2.24) is 14.9 Å². The van der Waals surface area contributed by atoms with E-state index in [4.69, 9.17) is 4.74 Å². The van der Waals surface area contributed by atoms with Gasteiger partial charge in [0.05, 0.1) is 12.0 Å². The Morgan fingerprint density at radius 2 is 1.96 bits per heavy atom. The Kier molecular flexibility index (Phi) is 7.17. The first-order chi connectivity index (χ1) is 11.2. The Hall–Kier alpha value is -2.30. The molecular weight excluding hydrogens is 290 g/mol. The molecule has 5 nitrogen and oxygen atoms in total. The SMILES string of the molecule is Cc1cn(CCCCCCNC(=O)OCc2ccccc2)cn1. The first-order valence-electron chi connectivity index (χ1n) is 8.17. The number of benzene rings is 1. The van der Waals surface area contributed by atoms with E-state index in [2.05, 4.69) is 21.1 Å².